The highest BCUT2D eigenvalue weighted by molar-refractivity contribution is 7.89. The molecule has 0 bridgehead atoms. The van der Waals surface area contributed by atoms with Crippen molar-refractivity contribution in [3.63, 3.8) is 0 Å². The van der Waals surface area contributed by atoms with Gasteiger partial charge in [-0.15, -0.1) is 0 Å². The summed E-state index contributed by atoms with van der Waals surface area (Å²) in [5.41, 5.74) is 6.22. The lowest BCUT2D eigenvalue weighted by molar-refractivity contribution is 0.340. The quantitative estimate of drug-likeness (QED) is 0.716. The lowest BCUT2D eigenvalue weighted by Gasteiger charge is -2.08. The third-order valence-electron chi connectivity index (χ3n) is 3.39. The second-order valence-corrected chi connectivity index (χ2v) is 7.12. The van der Waals surface area contributed by atoms with Crippen LogP contribution in [-0.2, 0) is 10.0 Å². The zero-order chi connectivity index (χ0) is 14.6. The van der Waals surface area contributed by atoms with Crippen molar-refractivity contribution in [2.24, 2.45) is 5.92 Å². The van der Waals surface area contributed by atoms with E-state index in [1.807, 2.05) is 0 Å². The van der Waals surface area contributed by atoms with Gasteiger partial charge in [-0.1, -0.05) is 19.4 Å². The molecular weight excluding hydrogens is 276 g/mol. The van der Waals surface area contributed by atoms with Crippen molar-refractivity contribution < 1.29 is 13.2 Å². The van der Waals surface area contributed by atoms with Gasteiger partial charge in [0.25, 0.3) is 0 Å². The molecule has 6 heteroatoms. The van der Waals surface area contributed by atoms with Gasteiger partial charge < -0.3 is 10.5 Å². The van der Waals surface area contributed by atoms with Gasteiger partial charge in [0.2, 0.25) is 10.0 Å². The van der Waals surface area contributed by atoms with E-state index in [9.17, 15) is 8.42 Å². The van der Waals surface area contributed by atoms with E-state index in [-0.39, 0.29) is 18.4 Å². The van der Waals surface area contributed by atoms with Gasteiger partial charge in [0, 0.05) is 17.8 Å². The average Bonchev–Trinajstić information content (AvgIpc) is 3.06. The van der Waals surface area contributed by atoms with Crippen molar-refractivity contribution in [3.8, 4) is 5.75 Å². The van der Waals surface area contributed by atoms with Crippen LogP contribution in [0.3, 0.4) is 0 Å². The molecule has 1 saturated carbocycles. The molecule has 0 radical (unpaired) electrons. The fourth-order valence-electron chi connectivity index (χ4n) is 2.24. The molecule has 2 atom stereocenters. The third-order valence-corrected chi connectivity index (χ3v) is 4.76. The maximum absolute atomic E-state index is 11.9. The number of benzene rings is 1. The lowest BCUT2D eigenvalue weighted by Crippen LogP contribution is -2.31. The van der Waals surface area contributed by atoms with Crippen LogP contribution in [0.2, 0.25) is 0 Å². The minimum Gasteiger partial charge on any atom is -0.492 e. The summed E-state index contributed by atoms with van der Waals surface area (Å²) in [6.07, 6.45) is 3.15. The molecule has 112 valence electrons. The predicted octanol–water partition coefficient (Wildman–Crippen LogP) is 1.76. The summed E-state index contributed by atoms with van der Waals surface area (Å²) in [5.74, 6) is 1.08. The Balaban J connectivity index is 1.73. The maximum atomic E-state index is 11.9. The molecule has 0 aliphatic heterocycles. The van der Waals surface area contributed by atoms with Crippen molar-refractivity contribution in [2.45, 2.75) is 32.2 Å². The first-order chi connectivity index (χ1) is 9.50. The van der Waals surface area contributed by atoms with Gasteiger partial charge in [-0.05, 0) is 30.9 Å². The first-order valence-electron chi connectivity index (χ1n) is 6.98. The van der Waals surface area contributed by atoms with E-state index in [0.717, 1.165) is 19.3 Å². The van der Waals surface area contributed by atoms with Crippen LogP contribution in [0.4, 0.5) is 5.69 Å². The van der Waals surface area contributed by atoms with E-state index in [0.29, 0.717) is 17.4 Å². The van der Waals surface area contributed by atoms with Crippen molar-refractivity contribution >= 4 is 15.7 Å². The van der Waals surface area contributed by atoms with Crippen LogP contribution >= 0.6 is 0 Å². The van der Waals surface area contributed by atoms with E-state index >= 15 is 0 Å². The highest BCUT2D eigenvalue weighted by atomic mass is 32.2. The normalized spacial score (nSPS) is 21.6. The second-order valence-electron chi connectivity index (χ2n) is 5.25. The molecule has 0 saturated heterocycles. The number of hydrogen-bond donors (Lipinski definition) is 2. The van der Waals surface area contributed by atoms with Gasteiger partial charge >= 0.3 is 0 Å². The van der Waals surface area contributed by atoms with Gasteiger partial charge in [0.05, 0.1) is 5.75 Å². The van der Waals surface area contributed by atoms with Crippen molar-refractivity contribution in [1.29, 1.82) is 0 Å². The molecule has 2 rings (SSSR count). The van der Waals surface area contributed by atoms with Gasteiger partial charge in [-0.2, -0.15) is 0 Å². The Kier molecular flexibility index (Phi) is 4.88. The fraction of sp³-hybridized carbons (Fsp3) is 0.571. The topological polar surface area (TPSA) is 81.4 Å². The van der Waals surface area contributed by atoms with Gasteiger partial charge in [0.15, 0.2) is 0 Å². The summed E-state index contributed by atoms with van der Waals surface area (Å²) < 4.78 is 31.9. The molecule has 5 nitrogen and oxygen atoms in total. The molecule has 1 fully saturated rings. The smallest absolute Gasteiger partial charge is 0.215 e. The van der Waals surface area contributed by atoms with Gasteiger partial charge in [0.1, 0.15) is 12.4 Å². The molecule has 2 unspecified atom stereocenters. The van der Waals surface area contributed by atoms with Crippen LogP contribution in [0.5, 0.6) is 5.75 Å². The van der Waals surface area contributed by atoms with Crippen molar-refractivity contribution in [2.75, 3.05) is 18.1 Å². The van der Waals surface area contributed by atoms with Crippen LogP contribution < -0.4 is 15.2 Å². The number of nitrogens with one attached hydrogen (secondary N) is 1. The first kappa shape index (κ1) is 15.1. The predicted molar refractivity (Wildman–Crippen MR) is 80.1 cm³/mol. The zero-order valence-corrected chi connectivity index (χ0v) is 12.5. The molecule has 0 spiro atoms. The highest BCUT2D eigenvalue weighted by Gasteiger charge is 2.38. The van der Waals surface area contributed by atoms with Crippen molar-refractivity contribution in [3.05, 3.63) is 24.3 Å². The van der Waals surface area contributed by atoms with Gasteiger partial charge in [-0.25, -0.2) is 13.1 Å². The monoisotopic (exact) mass is 298 g/mol. The molecule has 20 heavy (non-hydrogen) atoms. The van der Waals surface area contributed by atoms with E-state index in [1.54, 1.807) is 24.3 Å². The average molecular weight is 298 g/mol. The van der Waals surface area contributed by atoms with Crippen molar-refractivity contribution in [1.82, 2.24) is 4.72 Å². The molecule has 0 heterocycles. The van der Waals surface area contributed by atoms with Gasteiger partial charge in [-0.3, -0.25) is 0 Å². The second kappa shape index (κ2) is 6.45. The molecule has 3 N–H and O–H groups in total. The van der Waals surface area contributed by atoms with E-state index < -0.39 is 10.0 Å². The summed E-state index contributed by atoms with van der Waals surface area (Å²) >= 11 is 0. The number of rotatable bonds is 8. The van der Waals surface area contributed by atoms with E-state index in [1.165, 1.54) is 0 Å². The standard InChI is InChI=1S/C14H22N2O3S/c1-2-4-11-9-14(11)16-20(17,18)8-7-19-13-6-3-5-12(15)10-13/h3,5-6,10-11,14,16H,2,4,7-9,15H2,1H3. The summed E-state index contributed by atoms with van der Waals surface area (Å²) in [6, 6.07) is 7.10. The molecule has 1 aromatic rings. The first-order valence-corrected chi connectivity index (χ1v) is 8.64. The maximum Gasteiger partial charge on any atom is 0.215 e. The number of hydrogen-bond acceptors (Lipinski definition) is 4. The summed E-state index contributed by atoms with van der Waals surface area (Å²) in [4.78, 5) is 0. The number of nitrogens with two attached hydrogens (primary N) is 1. The minimum absolute atomic E-state index is 0.0306. The Morgan fingerprint density at radius 1 is 1.45 bits per heavy atom. The van der Waals surface area contributed by atoms with Crippen LogP contribution in [0, 0.1) is 5.92 Å². The van der Waals surface area contributed by atoms with E-state index in [2.05, 4.69) is 11.6 Å². The highest BCUT2D eigenvalue weighted by Crippen LogP contribution is 2.35. The summed E-state index contributed by atoms with van der Waals surface area (Å²) in [7, 11) is -3.26. The Hall–Kier alpha value is -1.27. The Bertz CT molecular complexity index is 545. The molecule has 0 aromatic heterocycles. The summed E-state index contributed by atoms with van der Waals surface area (Å²) in [6.45, 7) is 2.24. The Morgan fingerprint density at radius 3 is 2.95 bits per heavy atom. The number of anilines is 1. The molecule has 1 aromatic carbocycles. The molecular formula is C14H22N2O3S. The summed E-state index contributed by atoms with van der Waals surface area (Å²) in [5, 5.41) is 0. The van der Waals surface area contributed by atoms with Crippen LogP contribution in [0.25, 0.3) is 0 Å². The molecule has 1 aliphatic carbocycles. The Labute approximate surface area is 120 Å². The molecule has 0 amide bonds. The van der Waals surface area contributed by atoms with Crippen LogP contribution in [0.15, 0.2) is 24.3 Å². The SMILES string of the molecule is CCCC1CC1NS(=O)(=O)CCOc1cccc(N)c1. The third kappa shape index (κ3) is 4.68. The minimum atomic E-state index is -3.26. The largest absolute Gasteiger partial charge is 0.492 e. The number of ether oxygens (including phenoxy) is 1. The lowest BCUT2D eigenvalue weighted by atomic mass is 10.2. The fourth-order valence-corrected chi connectivity index (χ4v) is 3.42. The van der Waals surface area contributed by atoms with Crippen LogP contribution in [-0.4, -0.2) is 26.8 Å². The number of sulfonamides is 1. The van der Waals surface area contributed by atoms with E-state index in [4.69, 9.17) is 10.5 Å². The van der Waals surface area contributed by atoms with Crippen LogP contribution in [0.1, 0.15) is 26.2 Å². The zero-order valence-electron chi connectivity index (χ0n) is 11.7. The number of nitrogen functional groups attached to an aromatic ring is 1. The Morgan fingerprint density at radius 2 is 2.25 bits per heavy atom. The molecule has 1 aliphatic rings.